The lowest BCUT2D eigenvalue weighted by atomic mass is 10.3. The van der Waals surface area contributed by atoms with Crippen molar-refractivity contribution in [3.63, 3.8) is 0 Å². The number of halogens is 1. The smallest absolute Gasteiger partial charge is 0.312 e. The number of benzene rings is 1. The molecule has 0 aliphatic carbocycles. The highest BCUT2D eigenvalue weighted by Crippen LogP contribution is 2.14. The maximum absolute atomic E-state index is 12.9. The van der Waals surface area contributed by atoms with Gasteiger partial charge in [0.15, 0.2) is 11.6 Å². The van der Waals surface area contributed by atoms with Crippen molar-refractivity contribution in [3.8, 4) is 5.75 Å². The normalized spacial score (nSPS) is 9.50. The Morgan fingerprint density at radius 1 is 1.50 bits per heavy atom. The van der Waals surface area contributed by atoms with E-state index < -0.39 is 11.8 Å². The highest BCUT2D eigenvalue weighted by Gasteiger charge is 2.00. The van der Waals surface area contributed by atoms with Crippen molar-refractivity contribution < 1.29 is 13.9 Å². The number of amides is 2. The number of rotatable bonds is 4. The molecule has 0 saturated carbocycles. The average Bonchev–Trinajstić information content (AvgIpc) is 2.15. The average molecular weight is 198 g/mol. The van der Waals surface area contributed by atoms with E-state index in [0.29, 0.717) is 0 Å². The number of hydrogen-bond donors (Lipinski definition) is 2. The molecule has 76 valence electrons. The van der Waals surface area contributed by atoms with Gasteiger partial charge >= 0.3 is 6.03 Å². The molecule has 0 radical (unpaired) electrons. The number of primary amides is 1. The van der Waals surface area contributed by atoms with Crippen molar-refractivity contribution in [3.05, 3.63) is 30.1 Å². The van der Waals surface area contributed by atoms with Crippen LogP contribution in [-0.2, 0) is 0 Å². The first-order chi connectivity index (χ1) is 6.70. The van der Waals surface area contributed by atoms with E-state index in [4.69, 9.17) is 10.5 Å². The number of urea groups is 1. The minimum atomic E-state index is -0.623. The van der Waals surface area contributed by atoms with Gasteiger partial charge in [-0.1, -0.05) is 12.1 Å². The van der Waals surface area contributed by atoms with Crippen LogP contribution in [0.15, 0.2) is 24.3 Å². The number of ether oxygens (including phenoxy) is 1. The first-order valence-electron chi connectivity index (χ1n) is 4.11. The van der Waals surface area contributed by atoms with E-state index in [9.17, 15) is 9.18 Å². The molecule has 0 aliphatic heterocycles. The second-order valence-corrected chi connectivity index (χ2v) is 2.57. The van der Waals surface area contributed by atoms with Crippen LogP contribution < -0.4 is 15.8 Å². The van der Waals surface area contributed by atoms with Crippen LogP contribution in [0.4, 0.5) is 9.18 Å². The summed E-state index contributed by atoms with van der Waals surface area (Å²) in [5.41, 5.74) is 4.82. The van der Waals surface area contributed by atoms with Crippen LogP contribution in [0.25, 0.3) is 0 Å². The Labute approximate surface area is 80.9 Å². The summed E-state index contributed by atoms with van der Waals surface area (Å²) in [5, 5.41) is 2.33. The summed E-state index contributed by atoms with van der Waals surface area (Å²) in [6.07, 6.45) is 0. The lowest BCUT2D eigenvalue weighted by molar-refractivity contribution is 0.243. The van der Waals surface area contributed by atoms with E-state index in [2.05, 4.69) is 5.32 Å². The van der Waals surface area contributed by atoms with E-state index in [-0.39, 0.29) is 18.9 Å². The maximum atomic E-state index is 12.9. The lowest BCUT2D eigenvalue weighted by Crippen LogP contribution is -2.32. The van der Waals surface area contributed by atoms with Crippen molar-refractivity contribution >= 4 is 6.03 Å². The third-order valence-electron chi connectivity index (χ3n) is 1.50. The van der Waals surface area contributed by atoms with Crippen molar-refractivity contribution in [1.82, 2.24) is 5.32 Å². The summed E-state index contributed by atoms with van der Waals surface area (Å²) in [6, 6.07) is 5.43. The Kier molecular flexibility index (Phi) is 3.72. The third-order valence-corrected chi connectivity index (χ3v) is 1.50. The maximum Gasteiger partial charge on any atom is 0.312 e. The molecular weight excluding hydrogens is 187 g/mol. The highest BCUT2D eigenvalue weighted by atomic mass is 19.1. The molecule has 1 rings (SSSR count). The molecule has 0 spiro atoms. The number of nitrogens with two attached hydrogens (primary N) is 1. The Morgan fingerprint density at radius 2 is 2.21 bits per heavy atom. The standard InChI is InChI=1S/C9H11FN2O2/c10-7-3-1-2-4-8(7)14-6-5-12-9(11)13/h1-4H,5-6H2,(H3,11,12,13). The van der Waals surface area contributed by atoms with E-state index in [1.807, 2.05) is 0 Å². The van der Waals surface area contributed by atoms with Gasteiger partial charge in [-0.3, -0.25) is 0 Å². The van der Waals surface area contributed by atoms with Crippen LogP contribution in [0.2, 0.25) is 0 Å². The summed E-state index contributed by atoms with van der Waals surface area (Å²) in [5.74, 6) is -0.259. The van der Waals surface area contributed by atoms with Gasteiger partial charge in [0.1, 0.15) is 6.61 Å². The zero-order valence-corrected chi connectivity index (χ0v) is 7.50. The molecule has 2 amide bonds. The summed E-state index contributed by atoms with van der Waals surface area (Å²) in [4.78, 5) is 10.3. The van der Waals surface area contributed by atoms with Gasteiger partial charge in [-0.2, -0.15) is 0 Å². The molecule has 0 atom stereocenters. The number of para-hydroxylation sites is 1. The van der Waals surface area contributed by atoms with Gasteiger partial charge in [0.05, 0.1) is 6.54 Å². The van der Waals surface area contributed by atoms with Crippen LogP contribution in [0, 0.1) is 5.82 Å². The zero-order valence-electron chi connectivity index (χ0n) is 7.50. The molecule has 1 aromatic rings. The number of hydrogen-bond acceptors (Lipinski definition) is 2. The molecule has 0 unspecified atom stereocenters. The topological polar surface area (TPSA) is 64.4 Å². The fraction of sp³-hybridized carbons (Fsp3) is 0.222. The van der Waals surface area contributed by atoms with Crippen LogP contribution >= 0.6 is 0 Å². The quantitative estimate of drug-likeness (QED) is 0.705. The minimum absolute atomic E-state index is 0.166. The van der Waals surface area contributed by atoms with Crippen LogP contribution in [0.3, 0.4) is 0 Å². The fourth-order valence-corrected chi connectivity index (χ4v) is 0.897. The van der Waals surface area contributed by atoms with Crippen LogP contribution in [0.5, 0.6) is 5.75 Å². The first-order valence-corrected chi connectivity index (χ1v) is 4.11. The fourth-order valence-electron chi connectivity index (χ4n) is 0.897. The third kappa shape index (κ3) is 3.30. The van der Waals surface area contributed by atoms with Gasteiger partial charge in [0, 0.05) is 0 Å². The van der Waals surface area contributed by atoms with Crippen molar-refractivity contribution in [2.45, 2.75) is 0 Å². The number of carbonyl (C=O) groups excluding carboxylic acids is 1. The largest absolute Gasteiger partial charge is 0.489 e. The molecule has 3 N–H and O–H groups in total. The van der Waals surface area contributed by atoms with Gasteiger partial charge < -0.3 is 15.8 Å². The molecular formula is C9H11FN2O2. The highest BCUT2D eigenvalue weighted by molar-refractivity contribution is 5.71. The summed E-state index contributed by atoms with van der Waals surface area (Å²) >= 11 is 0. The molecule has 5 heteroatoms. The molecule has 4 nitrogen and oxygen atoms in total. The first kappa shape index (κ1) is 10.3. The summed E-state index contributed by atoms with van der Waals surface area (Å²) < 4.78 is 18.0. The molecule has 0 saturated heterocycles. The predicted molar refractivity (Wildman–Crippen MR) is 49.5 cm³/mol. The van der Waals surface area contributed by atoms with E-state index in [0.717, 1.165) is 0 Å². The molecule has 0 aromatic heterocycles. The van der Waals surface area contributed by atoms with Gasteiger partial charge in [0.2, 0.25) is 0 Å². The van der Waals surface area contributed by atoms with Gasteiger partial charge in [-0.25, -0.2) is 9.18 Å². The second kappa shape index (κ2) is 5.06. The second-order valence-electron chi connectivity index (χ2n) is 2.57. The SMILES string of the molecule is NC(=O)NCCOc1ccccc1F. The molecule has 0 bridgehead atoms. The van der Waals surface area contributed by atoms with Crippen molar-refractivity contribution in [2.75, 3.05) is 13.2 Å². The molecule has 14 heavy (non-hydrogen) atoms. The Morgan fingerprint density at radius 3 is 2.86 bits per heavy atom. The molecule has 1 aromatic carbocycles. The predicted octanol–water partition coefficient (Wildman–Crippen LogP) is 0.873. The minimum Gasteiger partial charge on any atom is -0.489 e. The zero-order chi connectivity index (χ0) is 10.4. The van der Waals surface area contributed by atoms with Crippen LogP contribution in [0.1, 0.15) is 0 Å². The monoisotopic (exact) mass is 198 g/mol. The molecule has 0 heterocycles. The van der Waals surface area contributed by atoms with E-state index >= 15 is 0 Å². The van der Waals surface area contributed by atoms with Gasteiger partial charge in [0.25, 0.3) is 0 Å². The number of carbonyl (C=O) groups is 1. The van der Waals surface area contributed by atoms with Gasteiger partial charge in [-0.15, -0.1) is 0 Å². The lowest BCUT2D eigenvalue weighted by Gasteiger charge is -2.06. The summed E-state index contributed by atoms with van der Waals surface area (Å²) in [7, 11) is 0. The van der Waals surface area contributed by atoms with E-state index in [1.165, 1.54) is 12.1 Å². The van der Waals surface area contributed by atoms with Crippen LogP contribution in [-0.4, -0.2) is 19.2 Å². The van der Waals surface area contributed by atoms with E-state index in [1.54, 1.807) is 12.1 Å². The Hall–Kier alpha value is -1.78. The summed E-state index contributed by atoms with van der Waals surface area (Å²) in [6.45, 7) is 0.438. The number of nitrogens with one attached hydrogen (secondary N) is 1. The Bertz CT molecular complexity index is 317. The van der Waals surface area contributed by atoms with Gasteiger partial charge in [-0.05, 0) is 12.1 Å². The molecule has 0 fully saturated rings. The van der Waals surface area contributed by atoms with Crippen molar-refractivity contribution in [1.29, 1.82) is 0 Å². The Balaban J connectivity index is 2.31. The molecule has 0 aliphatic rings. The van der Waals surface area contributed by atoms with Crippen molar-refractivity contribution in [2.24, 2.45) is 5.73 Å².